The molecular formula is C25H26F7N3O6. The van der Waals surface area contributed by atoms with Gasteiger partial charge in [-0.1, -0.05) is 18.2 Å². The van der Waals surface area contributed by atoms with E-state index in [0.717, 1.165) is 38.1 Å². The van der Waals surface area contributed by atoms with Crippen LogP contribution in [0.1, 0.15) is 28.8 Å². The van der Waals surface area contributed by atoms with Gasteiger partial charge in [0.1, 0.15) is 5.82 Å². The van der Waals surface area contributed by atoms with Crippen molar-refractivity contribution in [3.05, 3.63) is 65.7 Å². The third-order valence-electron chi connectivity index (χ3n) is 6.12. The smallest absolute Gasteiger partial charge is 0.475 e. The Morgan fingerprint density at radius 1 is 1.00 bits per heavy atom. The molecule has 2 saturated heterocycles. The lowest BCUT2D eigenvalue weighted by molar-refractivity contribution is -0.193. The molecule has 2 aliphatic heterocycles. The number of carbonyl (C=O) groups is 3. The third-order valence-corrected chi connectivity index (χ3v) is 6.12. The molecular weight excluding hydrogens is 571 g/mol. The molecule has 3 heterocycles. The van der Waals surface area contributed by atoms with E-state index in [4.69, 9.17) is 24.5 Å². The summed E-state index contributed by atoms with van der Waals surface area (Å²) in [6, 6.07) is 10.4. The fourth-order valence-electron chi connectivity index (χ4n) is 4.19. The average molecular weight is 597 g/mol. The van der Waals surface area contributed by atoms with Gasteiger partial charge < -0.3 is 20.3 Å². The topological polar surface area (TPSA) is 129 Å². The van der Waals surface area contributed by atoms with Crippen LogP contribution < -0.4 is 5.32 Å². The van der Waals surface area contributed by atoms with Gasteiger partial charge in [0.2, 0.25) is 0 Å². The molecule has 226 valence electrons. The summed E-state index contributed by atoms with van der Waals surface area (Å²) in [4.78, 5) is 36.1. The van der Waals surface area contributed by atoms with E-state index in [1.54, 1.807) is 30.6 Å². The number of carbonyl (C=O) groups excluding carboxylic acids is 1. The van der Waals surface area contributed by atoms with Gasteiger partial charge in [0.05, 0.1) is 11.2 Å². The number of alkyl halides is 6. The molecule has 16 heteroatoms. The van der Waals surface area contributed by atoms with Crippen LogP contribution in [0.4, 0.5) is 30.7 Å². The van der Waals surface area contributed by atoms with Gasteiger partial charge in [-0.2, -0.15) is 26.3 Å². The molecule has 0 bridgehead atoms. The number of halogens is 7. The summed E-state index contributed by atoms with van der Waals surface area (Å²) in [5.74, 6) is -5.34. The Balaban J connectivity index is 0.000000349. The van der Waals surface area contributed by atoms with Crippen molar-refractivity contribution in [3.63, 3.8) is 0 Å². The molecule has 9 nitrogen and oxygen atoms in total. The van der Waals surface area contributed by atoms with Crippen molar-refractivity contribution in [1.82, 2.24) is 15.2 Å². The van der Waals surface area contributed by atoms with Crippen LogP contribution in [0.15, 0.2) is 48.8 Å². The minimum atomic E-state index is -5.08. The van der Waals surface area contributed by atoms with Crippen molar-refractivity contribution < 1.29 is 60.1 Å². The summed E-state index contributed by atoms with van der Waals surface area (Å²) >= 11 is 0. The van der Waals surface area contributed by atoms with E-state index in [-0.39, 0.29) is 17.3 Å². The highest BCUT2D eigenvalue weighted by Gasteiger charge is 2.52. The largest absolute Gasteiger partial charge is 0.490 e. The van der Waals surface area contributed by atoms with Crippen LogP contribution in [0.25, 0.3) is 0 Å². The fourth-order valence-corrected chi connectivity index (χ4v) is 4.19. The second kappa shape index (κ2) is 14.2. The van der Waals surface area contributed by atoms with E-state index in [2.05, 4.69) is 15.2 Å². The normalized spacial score (nSPS) is 17.8. The Morgan fingerprint density at radius 2 is 1.59 bits per heavy atom. The van der Waals surface area contributed by atoms with Crippen molar-refractivity contribution in [1.29, 1.82) is 0 Å². The summed E-state index contributed by atoms with van der Waals surface area (Å²) in [5.41, 5.74) is 1.17. The van der Waals surface area contributed by atoms with E-state index in [0.29, 0.717) is 24.6 Å². The number of carboxylic acid groups (broad SMARTS) is 2. The maximum atomic E-state index is 13.8. The number of rotatable bonds is 6. The molecule has 1 aromatic heterocycles. The number of likely N-dealkylation sites (tertiary alicyclic amines) is 1. The van der Waals surface area contributed by atoms with Crippen LogP contribution in [0.3, 0.4) is 0 Å². The van der Waals surface area contributed by atoms with Gasteiger partial charge in [-0.25, -0.2) is 14.0 Å². The van der Waals surface area contributed by atoms with Gasteiger partial charge in [-0.15, -0.1) is 0 Å². The summed E-state index contributed by atoms with van der Waals surface area (Å²) in [6.07, 6.45) is -5.04. The quantitative estimate of drug-likeness (QED) is 0.428. The van der Waals surface area contributed by atoms with E-state index >= 15 is 0 Å². The molecule has 1 amide bonds. The molecule has 1 unspecified atom stereocenters. The molecule has 2 aromatic rings. The molecule has 0 aliphatic carbocycles. The van der Waals surface area contributed by atoms with Gasteiger partial charge in [-0.05, 0) is 37.0 Å². The van der Waals surface area contributed by atoms with E-state index < -0.39 is 24.3 Å². The number of ether oxygens (including phenoxy) is 1. The average Bonchev–Trinajstić information content (AvgIpc) is 3.29. The third kappa shape index (κ3) is 10.3. The van der Waals surface area contributed by atoms with Gasteiger partial charge in [0.15, 0.2) is 0 Å². The van der Waals surface area contributed by atoms with Gasteiger partial charge >= 0.3 is 24.3 Å². The number of carboxylic acids is 2. The maximum Gasteiger partial charge on any atom is 0.490 e. The highest BCUT2D eigenvalue weighted by molar-refractivity contribution is 5.93. The number of hydrogen-bond acceptors (Lipinski definition) is 6. The van der Waals surface area contributed by atoms with Crippen LogP contribution in [0.2, 0.25) is 0 Å². The van der Waals surface area contributed by atoms with Crippen LogP contribution in [-0.2, 0) is 20.9 Å². The lowest BCUT2D eigenvalue weighted by Gasteiger charge is -2.50. The van der Waals surface area contributed by atoms with Crippen molar-refractivity contribution in [2.45, 2.75) is 37.3 Å². The number of aromatic nitrogens is 1. The first-order valence-electron chi connectivity index (χ1n) is 11.9. The minimum absolute atomic E-state index is 0.0918. The molecule has 4 rings (SSSR count). The minimum Gasteiger partial charge on any atom is -0.475 e. The molecule has 41 heavy (non-hydrogen) atoms. The number of amides is 1. The van der Waals surface area contributed by atoms with Crippen molar-refractivity contribution in [2.75, 3.05) is 26.2 Å². The first-order valence-corrected chi connectivity index (χ1v) is 11.9. The molecule has 0 radical (unpaired) electrons. The summed E-state index contributed by atoms with van der Waals surface area (Å²) in [7, 11) is 0. The SMILES string of the molecule is O=C(NCCC1CCOC12CN(Cc1ccccc1F)C2)c1cccnc1.O=C(O)C(F)(F)F.O=C(O)C(F)(F)F. The molecule has 2 fully saturated rings. The number of benzene rings is 1. The Morgan fingerprint density at radius 3 is 2.10 bits per heavy atom. The van der Waals surface area contributed by atoms with Gasteiger partial charge in [0.25, 0.3) is 5.91 Å². The molecule has 2 aliphatic rings. The monoisotopic (exact) mass is 597 g/mol. The van der Waals surface area contributed by atoms with Crippen LogP contribution in [0.5, 0.6) is 0 Å². The fraction of sp³-hybridized carbons (Fsp3) is 0.440. The summed E-state index contributed by atoms with van der Waals surface area (Å²) < 4.78 is 83.4. The van der Waals surface area contributed by atoms with Gasteiger partial charge in [-0.3, -0.25) is 14.7 Å². The Labute approximate surface area is 228 Å². The highest BCUT2D eigenvalue weighted by Crippen LogP contribution is 2.42. The standard InChI is InChI=1S/C21H24FN3O2.2C2HF3O2/c22-19-6-2-1-4-17(19)13-25-14-21(15-25)18(8-11-27-21)7-10-24-20(26)16-5-3-9-23-12-16;2*3-2(4,5)1(6)7/h1-6,9,12,18H,7-8,10-11,13-15H2,(H,24,26);2*(H,6,7). The molecule has 1 spiro atoms. The number of aliphatic carboxylic acids is 2. The zero-order valence-corrected chi connectivity index (χ0v) is 21.2. The second-order valence-electron chi connectivity index (χ2n) is 9.03. The lowest BCUT2D eigenvalue weighted by Crippen LogP contribution is -2.64. The number of nitrogens with zero attached hydrogens (tertiary/aromatic N) is 2. The molecule has 1 aromatic carbocycles. The zero-order chi connectivity index (χ0) is 30.8. The Hall–Kier alpha value is -3.79. The summed E-state index contributed by atoms with van der Waals surface area (Å²) in [6.45, 7) is 3.64. The van der Waals surface area contributed by atoms with Crippen molar-refractivity contribution in [3.8, 4) is 0 Å². The van der Waals surface area contributed by atoms with Crippen molar-refractivity contribution in [2.24, 2.45) is 5.92 Å². The Bertz CT molecular complexity index is 1150. The lowest BCUT2D eigenvalue weighted by atomic mass is 9.78. The van der Waals surface area contributed by atoms with Crippen LogP contribution in [0, 0.1) is 11.7 Å². The first kappa shape index (κ1) is 33.4. The Kier molecular flexibility index (Phi) is 11.6. The van der Waals surface area contributed by atoms with Crippen molar-refractivity contribution >= 4 is 17.8 Å². The number of pyridine rings is 1. The number of nitrogens with one attached hydrogen (secondary N) is 1. The molecule has 1 atom stereocenters. The summed E-state index contributed by atoms with van der Waals surface area (Å²) in [5, 5.41) is 17.2. The van der Waals surface area contributed by atoms with E-state index in [9.17, 15) is 35.5 Å². The van der Waals surface area contributed by atoms with Gasteiger partial charge in [0, 0.05) is 50.7 Å². The van der Waals surface area contributed by atoms with Crippen LogP contribution in [-0.4, -0.2) is 82.1 Å². The second-order valence-corrected chi connectivity index (χ2v) is 9.03. The van der Waals surface area contributed by atoms with E-state index in [1.165, 1.54) is 6.07 Å². The van der Waals surface area contributed by atoms with E-state index in [1.807, 2.05) is 12.1 Å². The zero-order valence-electron chi connectivity index (χ0n) is 21.2. The predicted octanol–water partition coefficient (Wildman–Crippen LogP) is 3.90. The first-order chi connectivity index (χ1) is 19.0. The maximum absolute atomic E-state index is 13.8. The predicted molar refractivity (Wildman–Crippen MR) is 127 cm³/mol. The highest BCUT2D eigenvalue weighted by atomic mass is 19.4. The molecule has 0 saturated carbocycles. The van der Waals surface area contributed by atoms with Crippen LogP contribution >= 0.6 is 0 Å². The number of hydrogen-bond donors (Lipinski definition) is 3. The molecule has 3 N–H and O–H groups in total.